The van der Waals surface area contributed by atoms with Crippen molar-refractivity contribution in [3.8, 4) is 6.07 Å². The summed E-state index contributed by atoms with van der Waals surface area (Å²) in [6, 6.07) is 7.25. The Hall–Kier alpha value is -1.51. The lowest BCUT2D eigenvalue weighted by molar-refractivity contribution is 0.0367. The van der Waals surface area contributed by atoms with Crippen molar-refractivity contribution in [1.29, 1.82) is 5.26 Å². The van der Waals surface area contributed by atoms with Gasteiger partial charge >= 0.3 is 0 Å². The third-order valence-corrected chi connectivity index (χ3v) is 8.84. The molecule has 8 nitrogen and oxygen atoms in total. The summed E-state index contributed by atoms with van der Waals surface area (Å²) in [5, 5.41) is 9.08. The van der Waals surface area contributed by atoms with Gasteiger partial charge in [-0.25, -0.2) is 16.8 Å². The molecule has 2 aliphatic rings. The molecule has 0 aromatic heterocycles. The molecule has 10 heteroatoms. The molecular weight excluding hydrogens is 402 g/mol. The van der Waals surface area contributed by atoms with Gasteiger partial charge in [-0.1, -0.05) is 6.07 Å². The fourth-order valence-corrected chi connectivity index (χ4v) is 7.20. The first-order valence-corrected chi connectivity index (χ1v) is 12.6. The maximum absolute atomic E-state index is 13.3. The zero-order chi connectivity index (χ0) is 20.2. The average Bonchev–Trinajstić information content (AvgIpc) is 3.05. The minimum absolute atomic E-state index is 0.00534. The highest BCUT2D eigenvalue weighted by atomic mass is 32.2. The van der Waals surface area contributed by atoms with Crippen LogP contribution < -0.4 is 0 Å². The molecule has 0 amide bonds. The van der Waals surface area contributed by atoms with Crippen LogP contribution in [0.3, 0.4) is 0 Å². The van der Waals surface area contributed by atoms with E-state index in [0.717, 1.165) is 19.6 Å². The Labute approximate surface area is 166 Å². The van der Waals surface area contributed by atoms with E-state index in [1.807, 2.05) is 6.07 Å². The van der Waals surface area contributed by atoms with Gasteiger partial charge in [-0.05, 0) is 37.6 Å². The molecule has 0 spiro atoms. The van der Waals surface area contributed by atoms with Crippen molar-refractivity contribution in [1.82, 2.24) is 9.21 Å². The van der Waals surface area contributed by atoms with E-state index >= 15 is 0 Å². The molecule has 2 fully saturated rings. The summed E-state index contributed by atoms with van der Waals surface area (Å²) >= 11 is 0. The second-order valence-corrected chi connectivity index (χ2v) is 11.2. The fourth-order valence-electron chi connectivity index (χ4n) is 3.64. The number of nitriles is 1. The summed E-state index contributed by atoms with van der Waals surface area (Å²) in [7, 11) is -7.12. The quantitative estimate of drug-likeness (QED) is 0.622. The number of rotatable bonds is 7. The van der Waals surface area contributed by atoms with E-state index < -0.39 is 25.9 Å². The Morgan fingerprint density at radius 1 is 1.29 bits per heavy atom. The molecule has 1 aromatic carbocycles. The molecule has 0 radical (unpaired) electrons. The normalized spacial score (nSPS) is 22.9. The van der Waals surface area contributed by atoms with Crippen LogP contribution in [0.4, 0.5) is 0 Å². The Balaban J connectivity index is 1.79. The molecule has 0 aliphatic carbocycles. The number of hydrogen-bond donors (Lipinski definition) is 0. The van der Waals surface area contributed by atoms with Crippen LogP contribution >= 0.6 is 0 Å². The first-order chi connectivity index (χ1) is 13.3. The van der Waals surface area contributed by atoms with E-state index in [0.29, 0.717) is 26.1 Å². The van der Waals surface area contributed by atoms with Gasteiger partial charge < -0.3 is 4.74 Å². The summed E-state index contributed by atoms with van der Waals surface area (Å²) in [5.74, 6) is -0.146. The maximum Gasteiger partial charge on any atom is 0.243 e. The average molecular weight is 428 g/mol. The van der Waals surface area contributed by atoms with Crippen molar-refractivity contribution >= 4 is 19.9 Å². The van der Waals surface area contributed by atoms with Crippen LogP contribution in [0, 0.1) is 11.3 Å². The highest BCUT2D eigenvalue weighted by Gasteiger charge is 2.38. The lowest BCUT2D eigenvalue weighted by Crippen LogP contribution is -2.43. The number of nitrogens with zero attached hydrogens (tertiary/aromatic N) is 3. The van der Waals surface area contributed by atoms with E-state index in [9.17, 15) is 16.8 Å². The highest BCUT2D eigenvalue weighted by molar-refractivity contribution is 7.92. The molecular formula is C18H25N3O5S2. The van der Waals surface area contributed by atoms with E-state index in [1.54, 1.807) is 6.07 Å². The van der Waals surface area contributed by atoms with Gasteiger partial charge in [0.25, 0.3) is 0 Å². The number of ether oxygens (including phenoxy) is 1. The van der Waals surface area contributed by atoms with Crippen molar-refractivity contribution in [2.75, 3.05) is 50.9 Å². The number of benzene rings is 1. The predicted molar refractivity (Wildman–Crippen MR) is 104 cm³/mol. The first kappa shape index (κ1) is 21.2. The van der Waals surface area contributed by atoms with Crippen molar-refractivity contribution < 1.29 is 21.6 Å². The molecule has 0 saturated carbocycles. The summed E-state index contributed by atoms with van der Waals surface area (Å²) in [5.41, 5.74) is 0.258. The third kappa shape index (κ3) is 5.10. The van der Waals surface area contributed by atoms with Crippen LogP contribution in [0.25, 0.3) is 0 Å². The minimum Gasteiger partial charge on any atom is -0.379 e. The molecule has 0 N–H and O–H groups in total. The SMILES string of the molecule is N#Cc1cccc(S(=O)(=O)N(CCCN2CCOCC2)[C@@H]2CCS(=O)(=O)C2)c1. The maximum atomic E-state index is 13.3. The zero-order valence-electron chi connectivity index (χ0n) is 15.7. The predicted octanol–water partition coefficient (Wildman–Crippen LogP) is 0.458. The Morgan fingerprint density at radius 3 is 2.68 bits per heavy atom. The van der Waals surface area contributed by atoms with Gasteiger partial charge in [-0.3, -0.25) is 4.90 Å². The first-order valence-electron chi connectivity index (χ1n) is 9.34. The van der Waals surface area contributed by atoms with Gasteiger partial charge in [0.2, 0.25) is 10.0 Å². The van der Waals surface area contributed by atoms with Crippen LogP contribution in [0.15, 0.2) is 29.2 Å². The van der Waals surface area contributed by atoms with Gasteiger partial charge in [0.05, 0.1) is 41.2 Å². The van der Waals surface area contributed by atoms with Crippen LogP contribution in [0.5, 0.6) is 0 Å². The number of sulfone groups is 1. The smallest absolute Gasteiger partial charge is 0.243 e. The summed E-state index contributed by atoms with van der Waals surface area (Å²) < 4.78 is 57.1. The third-order valence-electron chi connectivity index (χ3n) is 5.14. The highest BCUT2D eigenvalue weighted by Crippen LogP contribution is 2.26. The van der Waals surface area contributed by atoms with Crippen molar-refractivity contribution in [2.45, 2.75) is 23.8 Å². The Bertz CT molecular complexity index is 934. The standard InChI is InChI=1S/C18H25N3O5S2/c19-14-16-3-1-4-18(13-16)28(24,25)21(17-5-12-27(22,23)15-17)7-2-6-20-8-10-26-11-9-20/h1,3-4,13,17H,2,5-12,15H2/t17-/m1/s1. The molecule has 154 valence electrons. The van der Waals surface area contributed by atoms with Gasteiger partial charge in [-0.15, -0.1) is 0 Å². The molecule has 28 heavy (non-hydrogen) atoms. The van der Waals surface area contributed by atoms with Crippen molar-refractivity contribution in [2.24, 2.45) is 0 Å². The number of morpholine rings is 1. The molecule has 2 aliphatic heterocycles. The van der Waals surface area contributed by atoms with E-state index in [2.05, 4.69) is 4.90 Å². The second-order valence-electron chi connectivity index (χ2n) is 7.12. The Morgan fingerprint density at radius 2 is 2.04 bits per heavy atom. The number of hydrogen-bond acceptors (Lipinski definition) is 7. The Kier molecular flexibility index (Phi) is 6.73. The lowest BCUT2D eigenvalue weighted by Gasteiger charge is -2.30. The van der Waals surface area contributed by atoms with Crippen LogP contribution in [-0.2, 0) is 24.6 Å². The van der Waals surface area contributed by atoms with Gasteiger partial charge in [-0.2, -0.15) is 9.57 Å². The second kappa shape index (κ2) is 8.88. The summed E-state index contributed by atoms with van der Waals surface area (Å²) in [6.45, 7) is 3.95. The van der Waals surface area contributed by atoms with Crippen LogP contribution in [-0.4, -0.2) is 83.0 Å². The molecule has 0 bridgehead atoms. The molecule has 0 unspecified atom stereocenters. The van der Waals surface area contributed by atoms with Crippen molar-refractivity contribution in [3.05, 3.63) is 29.8 Å². The van der Waals surface area contributed by atoms with E-state index in [4.69, 9.17) is 10.00 Å². The van der Waals surface area contributed by atoms with Crippen LogP contribution in [0.2, 0.25) is 0 Å². The minimum atomic E-state index is -3.90. The molecule has 2 heterocycles. The van der Waals surface area contributed by atoms with Gasteiger partial charge in [0, 0.05) is 25.7 Å². The topological polar surface area (TPSA) is 108 Å². The molecule has 2 saturated heterocycles. The lowest BCUT2D eigenvalue weighted by atomic mass is 10.2. The van der Waals surface area contributed by atoms with Gasteiger partial charge in [0.1, 0.15) is 0 Å². The molecule has 1 aromatic rings. The summed E-state index contributed by atoms with van der Waals surface area (Å²) in [4.78, 5) is 2.25. The zero-order valence-corrected chi connectivity index (χ0v) is 17.3. The van der Waals surface area contributed by atoms with Crippen molar-refractivity contribution in [3.63, 3.8) is 0 Å². The monoisotopic (exact) mass is 427 g/mol. The van der Waals surface area contributed by atoms with E-state index in [1.165, 1.54) is 22.5 Å². The summed E-state index contributed by atoms with van der Waals surface area (Å²) in [6.07, 6.45) is 0.908. The molecule has 3 rings (SSSR count). The number of sulfonamides is 1. The molecule has 1 atom stereocenters. The van der Waals surface area contributed by atoms with Crippen LogP contribution in [0.1, 0.15) is 18.4 Å². The van der Waals surface area contributed by atoms with Gasteiger partial charge in [0.15, 0.2) is 9.84 Å². The van der Waals surface area contributed by atoms with E-state index in [-0.39, 0.29) is 28.5 Å². The fraction of sp³-hybridized carbons (Fsp3) is 0.611. The largest absolute Gasteiger partial charge is 0.379 e.